The molecule has 0 radical (unpaired) electrons. The van der Waals surface area contributed by atoms with Gasteiger partial charge >= 0.3 is 0 Å². The van der Waals surface area contributed by atoms with E-state index in [4.69, 9.17) is 9.47 Å². The van der Waals surface area contributed by atoms with Crippen LogP contribution in [0.15, 0.2) is 83.7 Å². The summed E-state index contributed by atoms with van der Waals surface area (Å²) in [4.78, 5) is 29.0. The molecule has 0 bridgehead atoms. The van der Waals surface area contributed by atoms with Crippen molar-refractivity contribution in [2.75, 3.05) is 36.6 Å². The topological polar surface area (TPSA) is 85.7 Å². The fourth-order valence-corrected chi connectivity index (χ4v) is 3.94. The number of carbonyl (C=O) groups excluding carboxylic acids is 1. The molecule has 1 aromatic heterocycles. The molecule has 0 spiro atoms. The number of nitrogens with one attached hydrogen (secondary N) is 1. The van der Waals surface area contributed by atoms with E-state index in [0.29, 0.717) is 49.0 Å². The zero-order valence-electron chi connectivity index (χ0n) is 18.5. The lowest BCUT2D eigenvalue weighted by Gasteiger charge is -2.29. The second-order valence-corrected chi connectivity index (χ2v) is 7.96. The van der Waals surface area contributed by atoms with Crippen molar-refractivity contribution in [3.8, 4) is 11.5 Å². The van der Waals surface area contributed by atoms with E-state index in [2.05, 4.69) is 15.4 Å². The lowest BCUT2D eigenvalue weighted by atomic mass is 10.1. The van der Waals surface area contributed by atoms with Crippen molar-refractivity contribution in [1.82, 2.24) is 9.89 Å². The number of ether oxygens (including phenoxy) is 2. The first-order chi connectivity index (χ1) is 16.7. The Labute approximate surface area is 196 Å². The molecule has 2 heterocycles. The van der Waals surface area contributed by atoms with Gasteiger partial charge in [-0.05, 0) is 35.9 Å². The highest BCUT2D eigenvalue weighted by atomic mass is 16.5. The van der Waals surface area contributed by atoms with Gasteiger partial charge in [0.2, 0.25) is 5.91 Å². The standard InChI is InChI=1S/C26H24N4O4/c31-24(18-19-7-6-10-21(17-19)34-20-8-2-1-3-9-20)27-30-26(32)23-12-5-4-11-22(23)25(28-30)29-13-15-33-16-14-29/h1-12,17H,13-16,18H2,(H,27,31). The average molecular weight is 457 g/mol. The summed E-state index contributed by atoms with van der Waals surface area (Å²) in [6.07, 6.45) is 0.0693. The Morgan fingerprint density at radius 2 is 1.62 bits per heavy atom. The molecule has 0 unspecified atom stereocenters. The Morgan fingerprint density at radius 3 is 2.41 bits per heavy atom. The van der Waals surface area contributed by atoms with Crippen LogP contribution in [-0.2, 0) is 16.0 Å². The summed E-state index contributed by atoms with van der Waals surface area (Å²) in [5.74, 6) is 1.64. The largest absolute Gasteiger partial charge is 0.457 e. The SMILES string of the molecule is O=C(Cc1cccc(Oc2ccccc2)c1)Nn1nc(N2CCOCC2)c2ccccc2c1=O. The van der Waals surface area contributed by atoms with Gasteiger partial charge in [0, 0.05) is 18.5 Å². The fourth-order valence-electron chi connectivity index (χ4n) is 3.94. The van der Waals surface area contributed by atoms with Crippen LogP contribution in [0.5, 0.6) is 11.5 Å². The zero-order chi connectivity index (χ0) is 23.3. The molecule has 8 nitrogen and oxygen atoms in total. The van der Waals surface area contributed by atoms with Crippen LogP contribution in [0.4, 0.5) is 5.82 Å². The van der Waals surface area contributed by atoms with Crippen LogP contribution in [0.2, 0.25) is 0 Å². The number of hydrogen-bond donors (Lipinski definition) is 1. The monoisotopic (exact) mass is 456 g/mol. The van der Waals surface area contributed by atoms with Crippen molar-refractivity contribution < 1.29 is 14.3 Å². The summed E-state index contributed by atoms with van der Waals surface area (Å²) in [6.45, 7) is 2.50. The molecule has 8 heteroatoms. The Morgan fingerprint density at radius 1 is 0.912 bits per heavy atom. The van der Waals surface area contributed by atoms with Crippen LogP contribution in [0.25, 0.3) is 10.8 Å². The number of aromatic nitrogens is 2. The van der Waals surface area contributed by atoms with Crippen molar-refractivity contribution in [3.05, 3.63) is 94.8 Å². The normalized spacial score (nSPS) is 13.6. The minimum Gasteiger partial charge on any atom is -0.457 e. The molecular weight excluding hydrogens is 432 g/mol. The average Bonchev–Trinajstić information content (AvgIpc) is 2.87. The van der Waals surface area contributed by atoms with Gasteiger partial charge in [-0.15, -0.1) is 9.89 Å². The molecule has 0 saturated carbocycles. The molecule has 0 aliphatic carbocycles. The molecule has 1 aliphatic heterocycles. The lowest BCUT2D eigenvalue weighted by molar-refractivity contribution is -0.116. The van der Waals surface area contributed by atoms with E-state index in [0.717, 1.165) is 15.7 Å². The number of anilines is 1. The molecule has 1 fully saturated rings. The predicted molar refractivity (Wildman–Crippen MR) is 130 cm³/mol. The van der Waals surface area contributed by atoms with Gasteiger partial charge in [-0.3, -0.25) is 9.59 Å². The number of para-hydroxylation sites is 1. The van der Waals surface area contributed by atoms with Crippen LogP contribution < -0.4 is 20.6 Å². The molecular formula is C26H24N4O4. The van der Waals surface area contributed by atoms with E-state index in [9.17, 15) is 9.59 Å². The summed E-state index contributed by atoms with van der Waals surface area (Å²) in [7, 11) is 0. The molecule has 1 saturated heterocycles. The predicted octanol–water partition coefficient (Wildman–Crippen LogP) is 3.34. The number of hydrogen-bond acceptors (Lipinski definition) is 6. The van der Waals surface area contributed by atoms with Gasteiger partial charge in [0.05, 0.1) is 25.0 Å². The highest BCUT2D eigenvalue weighted by Gasteiger charge is 2.19. The van der Waals surface area contributed by atoms with Gasteiger partial charge in [-0.25, -0.2) is 5.43 Å². The highest BCUT2D eigenvalue weighted by Crippen LogP contribution is 2.23. The van der Waals surface area contributed by atoms with E-state index in [1.165, 1.54) is 0 Å². The van der Waals surface area contributed by atoms with Crippen molar-refractivity contribution in [1.29, 1.82) is 0 Å². The van der Waals surface area contributed by atoms with E-state index < -0.39 is 0 Å². The van der Waals surface area contributed by atoms with Gasteiger partial charge in [0.25, 0.3) is 5.56 Å². The van der Waals surface area contributed by atoms with Crippen molar-refractivity contribution >= 4 is 22.5 Å². The van der Waals surface area contributed by atoms with Crippen molar-refractivity contribution in [3.63, 3.8) is 0 Å². The number of fused-ring (bicyclic) bond motifs is 1. The molecule has 1 N–H and O–H groups in total. The van der Waals surface area contributed by atoms with Gasteiger partial charge in [0.1, 0.15) is 11.5 Å². The Kier molecular flexibility index (Phi) is 6.22. The van der Waals surface area contributed by atoms with Crippen LogP contribution in [0.3, 0.4) is 0 Å². The van der Waals surface area contributed by atoms with Gasteiger partial charge < -0.3 is 14.4 Å². The fraction of sp³-hybridized carbons (Fsp3) is 0.192. The van der Waals surface area contributed by atoms with Crippen LogP contribution >= 0.6 is 0 Å². The Bertz CT molecular complexity index is 1360. The van der Waals surface area contributed by atoms with Crippen LogP contribution in [0, 0.1) is 0 Å². The molecule has 5 rings (SSSR count). The highest BCUT2D eigenvalue weighted by molar-refractivity contribution is 5.92. The first kappa shape index (κ1) is 21.7. The quantitative estimate of drug-likeness (QED) is 0.479. The maximum Gasteiger partial charge on any atom is 0.294 e. The number of morpholine rings is 1. The Balaban J connectivity index is 1.37. The third-order valence-electron chi connectivity index (χ3n) is 5.57. The third kappa shape index (κ3) is 4.77. The zero-order valence-corrected chi connectivity index (χ0v) is 18.5. The van der Waals surface area contributed by atoms with Crippen molar-refractivity contribution in [2.24, 2.45) is 0 Å². The number of rotatable bonds is 6. The van der Waals surface area contributed by atoms with Gasteiger partial charge in [-0.2, -0.15) is 0 Å². The molecule has 172 valence electrons. The first-order valence-electron chi connectivity index (χ1n) is 11.1. The molecule has 34 heavy (non-hydrogen) atoms. The van der Waals surface area contributed by atoms with Crippen LogP contribution in [-0.4, -0.2) is 42.1 Å². The molecule has 4 aromatic rings. The summed E-state index contributed by atoms with van der Waals surface area (Å²) < 4.78 is 11.3. The molecule has 1 amide bonds. The summed E-state index contributed by atoms with van der Waals surface area (Å²) in [5.41, 5.74) is 3.04. The maximum absolute atomic E-state index is 13.0. The van der Waals surface area contributed by atoms with Crippen LogP contribution in [0.1, 0.15) is 5.56 Å². The molecule has 3 aromatic carbocycles. The lowest BCUT2D eigenvalue weighted by Crippen LogP contribution is -2.41. The minimum atomic E-state index is -0.373. The smallest absolute Gasteiger partial charge is 0.294 e. The number of carbonyl (C=O) groups is 1. The first-order valence-corrected chi connectivity index (χ1v) is 11.1. The van der Waals surface area contributed by atoms with Gasteiger partial charge in [0.15, 0.2) is 5.82 Å². The third-order valence-corrected chi connectivity index (χ3v) is 5.57. The van der Waals surface area contributed by atoms with E-state index in [1.54, 1.807) is 12.1 Å². The minimum absolute atomic E-state index is 0.0693. The summed E-state index contributed by atoms with van der Waals surface area (Å²) >= 11 is 0. The number of amides is 1. The second-order valence-electron chi connectivity index (χ2n) is 7.96. The van der Waals surface area contributed by atoms with E-state index in [-0.39, 0.29) is 17.9 Å². The second kappa shape index (κ2) is 9.76. The summed E-state index contributed by atoms with van der Waals surface area (Å²) in [5, 5.41) is 5.75. The number of benzene rings is 3. The number of nitrogens with zero attached hydrogens (tertiary/aromatic N) is 3. The van der Waals surface area contributed by atoms with E-state index >= 15 is 0 Å². The van der Waals surface area contributed by atoms with E-state index in [1.807, 2.05) is 66.7 Å². The molecule has 1 aliphatic rings. The summed E-state index contributed by atoms with van der Waals surface area (Å²) in [6, 6.07) is 24.0. The van der Waals surface area contributed by atoms with Gasteiger partial charge in [-0.1, -0.05) is 48.5 Å². The maximum atomic E-state index is 13.0. The molecule has 0 atom stereocenters. The Hall–Kier alpha value is -4.17. The van der Waals surface area contributed by atoms with Crippen molar-refractivity contribution in [2.45, 2.75) is 6.42 Å².